The van der Waals surface area contributed by atoms with Gasteiger partial charge in [0.25, 0.3) is 0 Å². The summed E-state index contributed by atoms with van der Waals surface area (Å²) >= 11 is 3.54. The lowest BCUT2D eigenvalue weighted by Crippen LogP contribution is -1.70. The average Bonchev–Trinajstić information content (AvgIpc) is 3.06. The van der Waals surface area contributed by atoms with Crippen LogP contribution in [0.4, 0.5) is 0 Å². The van der Waals surface area contributed by atoms with Gasteiger partial charge in [-0.1, -0.05) is 86.5 Å². The highest BCUT2D eigenvalue weighted by Crippen LogP contribution is 2.28. The largest absolute Gasteiger partial charge is 0.231 e. The van der Waals surface area contributed by atoms with Crippen molar-refractivity contribution in [2.24, 2.45) is 0 Å². The number of rotatable bonds is 5. The lowest BCUT2D eigenvalue weighted by atomic mass is 10.2. The first kappa shape index (κ1) is 24.8. The molecular weight excluding hydrogens is 318 g/mol. The Kier molecular flexibility index (Phi) is 19.4. The van der Waals surface area contributed by atoms with Crippen LogP contribution in [0.25, 0.3) is 9.53 Å². The number of hydrogen-bond acceptors (Lipinski definition) is 3. The van der Waals surface area contributed by atoms with Crippen LogP contribution >= 0.6 is 22.7 Å². The molecule has 0 aliphatic rings. The van der Waals surface area contributed by atoms with E-state index >= 15 is 0 Å². The molecular formula is C20H39NS2. The lowest BCUT2D eigenvalue weighted by Gasteiger charge is -1.90. The standard InChI is InChI=1S/C7H7NS2.C7H16.C4H10.C2H6/c1-4-3-6-7(9-4)8-5(2)10-6;1-3-5-7-6-4-2;1-3-4-2;1-2/h3H,1-2H3;3-7H2,1-2H3;3-4H2,1-2H3;1-2H3. The normalized spacial score (nSPS) is 9.22. The first-order chi connectivity index (χ1) is 11.1. The van der Waals surface area contributed by atoms with Crippen molar-refractivity contribution in [1.82, 2.24) is 4.98 Å². The van der Waals surface area contributed by atoms with Crippen molar-refractivity contribution in [2.45, 2.75) is 100 Å². The molecule has 1 nitrogen and oxygen atoms in total. The molecule has 2 aromatic rings. The summed E-state index contributed by atoms with van der Waals surface area (Å²) in [6.45, 7) is 17.0. The van der Waals surface area contributed by atoms with Crippen molar-refractivity contribution in [3.63, 3.8) is 0 Å². The molecule has 0 fully saturated rings. The van der Waals surface area contributed by atoms with E-state index in [-0.39, 0.29) is 0 Å². The number of hydrogen-bond donors (Lipinski definition) is 0. The molecule has 2 aromatic heterocycles. The van der Waals surface area contributed by atoms with Crippen molar-refractivity contribution in [3.05, 3.63) is 16.0 Å². The first-order valence-electron chi connectivity index (χ1n) is 9.42. The third-order valence-electron chi connectivity index (χ3n) is 3.03. The van der Waals surface area contributed by atoms with Crippen LogP contribution in [0.2, 0.25) is 0 Å². The number of nitrogens with zero attached hydrogens (tertiary/aromatic N) is 1. The van der Waals surface area contributed by atoms with Gasteiger partial charge in [-0.3, -0.25) is 0 Å². The van der Waals surface area contributed by atoms with E-state index in [2.05, 4.69) is 45.7 Å². The molecule has 0 atom stereocenters. The molecule has 0 unspecified atom stereocenters. The molecule has 0 radical (unpaired) electrons. The van der Waals surface area contributed by atoms with Gasteiger partial charge in [-0.05, 0) is 19.9 Å². The molecule has 136 valence electrons. The Bertz CT molecular complexity index is 388. The summed E-state index contributed by atoms with van der Waals surface area (Å²) in [5.74, 6) is 0. The fourth-order valence-electron chi connectivity index (χ4n) is 1.63. The molecule has 0 saturated heterocycles. The van der Waals surface area contributed by atoms with Crippen LogP contribution in [-0.2, 0) is 0 Å². The minimum Gasteiger partial charge on any atom is -0.231 e. The second-order valence-electron chi connectivity index (χ2n) is 5.32. The number of aryl methyl sites for hydroxylation is 2. The van der Waals surface area contributed by atoms with Gasteiger partial charge in [-0.2, -0.15) is 0 Å². The van der Waals surface area contributed by atoms with Crippen LogP contribution in [0.5, 0.6) is 0 Å². The zero-order valence-corrected chi connectivity index (χ0v) is 18.4. The quantitative estimate of drug-likeness (QED) is 0.487. The number of fused-ring (bicyclic) bond motifs is 1. The molecule has 0 aliphatic heterocycles. The highest BCUT2D eigenvalue weighted by Gasteiger charge is 2.01. The minimum atomic E-state index is 1.17. The van der Waals surface area contributed by atoms with E-state index in [4.69, 9.17) is 0 Å². The summed E-state index contributed by atoms with van der Waals surface area (Å²) in [6, 6.07) is 2.20. The van der Waals surface area contributed by atoms with Crippen molar-refractivity contribution < 1.29 is 0 Å². The fraction of sp³-hybridized carbons (Fsp3) is 0.750. The average molecular weight is 358 g/mol. The van der Waals surface area contributed by atoms with Gasteiger partial charge in [0, 0.05) is 4.88 Å². The molecule has 3 heteroatoms. The number of thiophene rings is 1. The summed E-state index contributed by atoms with van der Waals surface area (Å²) in [6.07, 6.45) is 9.65. The van der Waals surface area contributed by atoms with Gasteiger partial charge in [-0.25, -0.2) is 4.98 Å². The molecule has 2 rings (SSSR count). The predicted octanol–water partition coefficient (Wildman–Crippen LogP) is 8.78. The van der Waals surface area contributed by atoms with E-state index in [1.807, 2.05) is 20.8 Å². The van der Waals surface area contributed by atoms with E-state index in [0.717, 1.165) is 0 Å². The SMILES string of the molecule is CC.CCCC.CCCCCCC.Cc1cc2sc(C)nc2s1. The van der Waals surface area contributed by atoms with Gasteiger partial charge in [-0.15, -0.1) is 22.7 Å². The second-order valence-corrected chi connectivity index (χ2v) is 7.79. The molecule has 23 heavy (non-hydrogen) atoms. The maximum absolute atomic E-state index is 4.37. The van der Waals surface area contributed by atoms with E-state index < -0.39 is 0 Å². The molecule has 0 aliphatic carbocycles. The topological polar surface area (TPSA) is 12.9 Å². The number of thiazole rings is 1. The van der Waals surface area contributed by atoms with Gasteiger partial charge >= 0.3 is 0 Å². The Morgan fingerprint density at radius 2 is 1.30 bits per heavy atom. The molecule has 2 heterocycles. The Morgan fingerprint density at radius 3 is 1.70 bits per heavy atom. The molecule has 0 aromatic carbocycles. The van der Waals surface area contributed by atoms with Gasteiger partial charge in [0.2, 0.25) is 0 Å². The molecule has 0 bridgehead atoms. The summed E-state index contributed by atoms with van der Waals surface area (Å²) in [5, 5.41) is 1.17. The van der Waals surface area contributed by atoms with E-state index in [1.54, 1.807) is 22.7 Å². The van der Waals surface area contributed by atoms with Gasteiger partial charge in [0.05, 0.1) is 9.71 Å². The van der Waals surface area contributed by atoms with Crippen LogP contribution < -0.4 is 0 Å². The van der Waals surface area contributed by atoms with Crippen LogP contribution in [0.1, 0.15) is 96.4 Å². The Morgan fingerprint density at radius 1 is 0.783 bits per heavy atom. The highest BCUT2D eigenvalue weighted by molar-refractivity contribution is 7.27. The van der Waals surface area contributed by atoms with Crippen molar-refractivity contribution in [1.29, 1.82) is 0 Å². The maximum Gasteiger partial charge on any atom is 0.134 e. The van der Waals surface area contributed by atoms with Crippen LogP contribution in [0.15, 0.2) is 6.07 Å². The first-order valence-corrected chi connectivity index (χ1v) is 11.1. The lowest BCUT2D eigenvalue weighted by molar-refractivity contribution is 0.656. The summed E-state index contributed by atoms with van der Waals surface area (Å²) < 4.78 is 1.33. The monoisotopic (exact) mass is 357 g/mol. The van der Waals surface area contributed by atoms with Crippen LogP contribution in [0, 0.1) is 13.8 Å². The predicted molar refractivity (Wildman–Crippen MR) is 113 cm³/mol. The maximum atomic E-state index is 4.37. The third-order valence-corrected chi connectivity index (χ3v) is 5.02. The molecule has 0 amide bonds. The molecule has 0 N–H and O–H groups in total. The molecule has 0 saturated carbocycles. The van der Waals surface area contributed by atoms with Crippen molar-refractivity contribution in [3.8, 4) is 0 Å². The minimum absolute atomic E-state index is 1.17. The second kappa shape index (κ2) is 17.9. The Hall–Kier alpha value is -0.410. The van der Waals surface area contributed by atoms with E-state index in [1.165, 1.54) is 64.4 Å². The van der Waals surface area contributed by atoms with Gasteiger partial charge in [0.1, 0.15) is 4.83 Å². The Balaban J connectivity index is 0. The highest BCUT2D eigenvalue weighted by atomic mass is 32.1. The van der Waals surface area contributed by atoms with Gasteiger partial charge < -0.3 is 0 Å². The van der Waals surface area contributed by atoms with E-state index in [0.29, 0.717) is 0 Å². The smallest absolute Gasteiger partial charge is 0.134 e. The third kappa shape index (κ3) is 13.7. The van der Waals surface area contributed by atoms with Crippen molar-refractivity contribution in [2.75, 3.05) is 0 Å². The van der Waals surface area contributed by atoms with Crippen LogP contribution in [0.3, 0.4) is 0 Å². The van der Waals surface area contributed by atoms with Crippen LogP contribution in [-0.4, -0.2) is 4.98 Å². The fourth-order valence-corrected chi connectivity index (χ4v) is 3.66. The van der Waals surface area contributed by atoms with E-state index in [9.17, 15) is 0 Å². The summed E-state index contributed by atoms with van der Waals surface area (Å²) in [5.41, 5.74) is 0. The zero-order valence-electron chi connectivity index (χ0n) is 16.8. The summed E-state index contributed by atoms with van der Waals surface area (Å²) in [7, 11) is 0. The number of aromatic nitrogens is 1. The molecule has 0 spiro atoms. The van der Waals surface area contributed by atoms with Crippen molar-refractivity contribution >= 4 is 32.2 Å². The van der Waals surface area contributed by atoms with Gasteiger partial charge in [0.15, 0.2) is 0 Å². The number of unbranched alkanes of at least 4 members (excludes halogenated alkanes) is 5. The summed E-state index contributed by atoms with van der Waals surface area (Å²) in [4.78, 5) is 6.92. The zero-order chi connectivity index (χ0) is 18.1. The Labute approximate surface area is 153 Å².